The van der Waals surface area contributed by atoms with E-state index in [1.807, 2.05) is 18.3 Å². The zero-order valence-electron chi connectivity index (χ0n) is 20.2. The summed E-state index contributed by atoms with van der Waals surface area (Å²) in [5.74, 6) is 0.821. The Kier molecular flexibility index (Phi) is 4.62. The van der Waals surface area contributed by atoms with Gasteiger partial charge in [-0.1, -0.05) is 85.0 Å². The summed E-state index contributed by atoms with van der Waals surface area (Å²) in [5.41, 5.74) is 4.60. The number of nitrogens with zero attached hydrogens (tertiary/aromatic N) is 3. The molecule has 6 rings (SSSR count). The lowest BCUT2D eigenvalue weighted by Gasteiger charge is -2.23. The molecular formula is C30H25N3Si. The number of hydrogen-bond donors (Lipinski definition) is 0. The lowest BCUT2D eigenvalue weighted by molar-refractivity contribution is 1.08. The van der Waals surface area contributed by atoms with Crippen molar-refractivity contribution in [3.8, 4) is 16.9 Å². The van der Waals surface area contributed by atoms with Crippen molar-refractivity contribution in [3.63, 3.8) is 0 Å². The van der Waals surface area contributed by atoms with Gasteiger partial charge in [-0.2, -0.15) is 0 Å². The molecule has 0 fully saturated rings. The molecule has 0 amide bonds. The van der Waals surface area contributed by atoms with Crippen molar-refractivity contribution in [2.45, 2.75) is 13.1 Å². The highest BCUT2D eigenvalue weighted by Gasteiger charge is 2.27. The molecule has 34 heavy (non-hydrogen) atoms. The summed E-state index contributed by atoms with van der Waals surface area (Å²) < 4.78 is 10.0. The predicted octanol–water partition coefficient (Wildman–Crippen LogP) is 6.06. The molecule has 3 heterocycles. The quantitative estimate of drug-likeness (QED) is 0.302. The summed E-state index contributed by atoms with van der Waals surface area (Å²) in [7, 11) is -1.91. The predicted molar refractivity (Wildman–Crippen MR) is 145 cm³/mol. The summed E-state index contributed by atoms with van der Waals surface area (Å²) in [6.45, 7) is 4.72. The van der Waals surface area contributed by atoms with Crippen molar-refractivity contribution in [2.75, 3.05) is 0 Å². The minimum absolute atomic E-state index is 0.409. The van der Waals surface area contributed by atoms with E-state index >= 15 is 0 Å². The summed E-state index contributed by atoms with van der Waals surface area (Å²) in [6.07, 6.45) is 3.50. The van der Waals surface area contributed by atoms with E-state index in [2.05, 4.69) is 106 Å². The summed E-state index contributed by atoms with van der Waals surface area (Å²) in [5, 5.41) is 4.95. The minimum atomic E-state index is -1.91. The lowest BCUT2D eigenvalue weighted by Crippen LogP contribution is -2.54. The van der Waals surface area contributed by atoms with Gasteiger partial charge in [-0.25, -0.2) is 4.98 Å². The van der Waals surface area contributed by atoms with Gasteiger partial charge in [0.25, 0.3) is 0 Å². The van der Waals surface area contributed by atoms with Crippen molar-refractivity contribution >= 4 is 40.4 Å². The van der Waals surface area contributed by atoms with Crippen LogP contribution in [0.25, 0.3) is 38.8 Å². The topological polar surface area (TPSA) is 30.7 Å². The molecule has 4 heteroatoms. The second kappa shape index (κ2) is 8.08. The molecule has 0 spiro atoms. The van der Waals surface area contributed by atoms with Crippen LogP contribution in [-0.2, 0) is 0 Å². The van der Waals surface area contributed by atoms with Crippen LogP contribution in [0.2, 0.25) is 13.1 Å². The van der Waals surface area contributed by atoms with Gasteiger partial charge < -0.3 is 0 Å². The molecule has 164 valence electrons. The van der Waals surface area contributed by atoms with Gasteiger partial charge in [-0.05, 0) is 47.5 Å². The molecule has 0 saturated heterocycles. The van der Waals surface area contributed by atoms with E-state index in [1.54, 1.807) is 12.3 Å². The first-order valence-corrected chi connectivity index (χ1v) is 14.5. The van der Waals surface area contributed by atoms with Crippen molar-refractivity contribution in [1.82, 2.24) is 14.5 Å². The van der Waals surface area contributed by atoms with Crippen LogP contribution in [0.15, 0.2) is 115 Å². The van der Waals surface area contributed by atoms with E-state index in [4.69, 9.17) is 1.37 Å². The van der Waals surface area contributed by atoms with Crippen LogP contribution < -0.4 is 10.5 Å². The number of hydrogen-bond acceptors (Lipinski definition) is 2. The average molecular weight is 457 g/mol. The first-order chi connectivity index (χ1) is 17.0. The van der Waals surface area contributed by atoms with Gasteiger partial charge in [-0.15, -0.1) is 0 Å². The number of rotatable bonds is 4. The van der Waals surface area contributed by atoms with E-state index < -0.39 is 8.07 Å². The molecule has 0 bridgehead atoms. The Bertz CT molecular complexity index is 1670. The largest absolute Gasteiger partial charge is 0.294 e. The number of pyridine rings is 2. The Balaban J connectivity index is 1.53. The van der Waals surface area contributed by atoms with Crippen molar-refractivity contribution in [2.24, 2.45) is 0 Å². The summed E-state index contributed by atoms with van der Waals surface area (Å²) >= 11 is 0. The van der Waals surface area contributed by atoms with Gasteiger partial charge >= 0.3 is 0 Å². The molecule has 0 saturated carbocycles. The zero-order chi connectivity index (χ0) is 24.0. The van der Waals surface area contributed by atoms with E-state index in [1.165, 1.54) is 32.4 Å². The number of fused-ring (bicyclic) bond motifs is 3. The van der Waals surface area contributed by atoms with E-state index in [9.17, 15) is 0 Å². The Morgan fingerprint density at radius 1 is 0.676 bits per heavy atom. The number of benzene rings is 3. The third-order valence-electron chi connectivity index (χ3n) is 6.73. The van der Waals surface area contributed by atoms with E-state index in [0.29, 0.717) is 6.04 Å². The maximum absolute atomic E-state index is 7.85. The van der Waals surface area contributed by atoms with Gasteiger partial charge in [0.15, 0.2) is 0 Å². The third-order valence-corrected chi connectivity index (χ3v) is 10.1. The van der Waals surface area contributed by atoms with Crippen molar-refractivity contribution in [3.05, 3.63) is 115 Å². The molecule has 0 aliphatic heterocycles. The van der Waals surface area contributed by atoms with Gasteiger partial charge in [0.1, 0.15) is 13.9 Å². The fraction of sp³-hybridized carbons (Fsp3) is 0.0667. The van der Waals surface area contributed by atoms with Crippen LogP contribution in [-0.4, -0.2) is 22.6 Å². The highest BCUT2D eigenvalue weighted by atomic mass is 28.3. The lowest BCUT2D eigenvalue weighted by atomic mass is 10.0. The van der Waals surface area contributed by atoms with E-state index in [-0.39, 0.29) is 0 Å². The molecule has 0 N–H and O–H groups in total. The van der Waals surface area contributed by atoms with Crippen molar-refractivity contribution < 1.29 is 1.37 Å². The molecule has 0 unspecified atom stereocenters. The highest BCUT2D eigenvalue weighted by molar-refractivity contribution is 6.99. The number of aromatic nitrogens is 3. The average Bonchev–Trinajstić information content (AvgIpc) is 3.23. The van der Waals surface area contributed by atoms with Gasteiger partial charge in [0, 0.05) is 28.5 Å². The molecule has 3 aromatic heterocycles. The molecule has 0 radical (unpaired) electrons. The van der Waals surface area contributed by atoms with Crippen LogP contribution in [0, 0.1) is 0 Å². The SMILES string of the molecule is [2H]c1ccc(-n2c3ccccc3c3ccc(-c4cccc([Si](C)(C)c5ccccn5)c4)cc32)nc1. The minimum Gasteiger partial charge on any atom is -0.294 e. The van der Waals surface area contributed by atoms with Crippen LogP contribution in [0.4, 0.5) is 0 Å². The Hall–Kier alpha value is -4.02. The van der Waals surface area contributed by atoms with E-state index in [0.717, 1.165) is 16.9 Å². The van der Waals surface area contributed by atoms with Crippen LogP contribution in [0.3, 0.4) is 0 Å². The first-order valence-electron chi connectivity index (χ1n) is 12.0. The summed E-state index contributed by atoms with van der Waals surface area (Å²) in [6, 6.07) is 34.4. The highest BCUT2D eigenvalue weighted by Crippen LogP contribution is 2.34. The zero-order valence-corrected chi connectivity index (χ0v) is 20.2. The van der Waals surface area contributed by atoms with Crippen LogP contribution in [0.5, 0.6) is 0 Å². The molecule has 3 aromatic carbocycles. The second-order valence-corrected chi connectivity index (χ2v) is 13.5. The van der Waals surface area contributed by atoms with Crippen LogP contribution >= 0.6 is 0 Å². The van der Waals surface area contributed by atoms with Crippen LogP contribution in [0.1, 0.15) is 1.37 Å². The van der Waals surface area contributed by atoms with Gasteiger partial charge in [0.2, 0.25) is 0 Å². The summed E-state index contributed by atoms with van der Waals surface area (Å²) in [4.78, 5) is 9.26. The monoisotopic (exact) mass is 456 g/mol. The fourth-order valence-electron chi connectivity index (χ4n) is 4.81. The third kappa shape index (κ3) is 3.35. The maximum atomic E-state index is 7.85. The molecular weight excluding hydrogens is 430 g/mol. The molecule has 6 aromatic rings. The molecule has 3 nitrogen and oxygen atoms in total. The van der Waals surface area contributed by atoms with Gasteiger partial charge in [-0.3, -0.25) is 9.55 Å². The normalized spacial score (nSPS) is 12.2. The second-order valence-electron chi connectivity index (χ2n) is 9.12. The first kappa shape index (κ1) is 19.4. The Morgan fingerprint density at radius 3 is 2.32 bits per heavy atom. The molecule has 0 aliphatic rings. The molecule has 0 aliphatic carbocycles. The Labute approximate surface area is 201 Å². The number of para-hydroxylation sites is 1. The molecule has 0 atom stereocenters. The van der Waals surface area contributed by atoms with Gasteiger partial charge in [0.05, 0.1) is 12.4 Å². The Morgan fingerprint density at radius 2 is 1.50 bits per heavy atom. The smallest absolute Gasteiger partial charge is 0.137 e. The maximum Gasteiger partial charge on any atom is 0.137 e. The van der Waals surface area contributed by atoms with Crippen molar-refractivity contribution in [1.29, 1.82) is 0 Å². The fourth-order valence-corrected chi connectivity index (χ4v) is 7.04. The standard InChI is InChI=1S/C30H25N3Si/c1-34(2,30-15-6-8-19-32-30)24-11-9-10-22(20-24)23-16-17-26-25-12-3-4-13-27(25)33(28(26)21-23)29-14-5-7-18-31-29/h3-21H,1-2H3/i7D.